The van der Waals surface area contributed by atoms with Gasteiger partial charge in [0.2, 0.25) is 5.91 Å². The van der Waals surface area contributed by atoms with Gasteiger partial charge in [-0.2, -0.15) is 0 Å². The number of ether oxygens (including phenoxy) is 1. The lowest BCUT2D eigenvalue weighted by atomic mass is 10.0. The van der Waals surface area contributed by atoms with Crippen molar-refractivity contribution in [2.75, 3.05) is 46.9 Å². The first-order chi connectivity index (χ1) is 10.0. The number of H-pyrrole nitrogens is 1. The second-order valence-corrected chi connectivity index (χ2v) is 5.63. The molecular formula is C14H22N4O3. The zero-order valence-corrected chi connectivity index (χ0v) is 12.5. The summed E-state index contributed by atoms with van der Waals surface area (Å²) in [5, 5.41) is 0. The molecule has 1 saturated heterocycles. The van der Waals surface area contributed by atoms with Crippen LogP contribution in [0.1, 0.15) is 5.69 Å². The highest BCUT2D eigenvalue weighted by Crippen LogP contribution is 2.12. The summed E-state index contributed by atoms with van der Waals surface area (Å²) in [5.41, 5.74) is 0.573. The molecule has 2 rings (SSSR count). The van der Waals surface area contributed by atoms with E-state index in [1.165, 1.54) is 12.4 Å². The molecule has 1 aliphatic heterocycles. The average Bonchev–Trinajstić information content (AvgIpc) is 2.63. The lowest BCUT2D eigenvalue weighted by Crippen LogP contribution is -2.41. The minimum absolute atomic E-state index is 0.106. The van der Waals surface area contributed by atoms with Gasteiger partial charge in [-0.15, -0.1) is 0 Å². The van der Waals surface area contributed by atoms with Crippen molar-refractivity contribution in [3.8, 4) is 0 Å². The fourth-order valence-corrected chi connectivity index (χ4v) is 2.42. The van der Waals surface area contributed by atoms with E-state index < -0.39 is 0 Å². The van der Waals surface area contributed by atoms with Crippen molar-refractivity contribution >= 4 is 5.91 Å². The quantitative estimate of drug-likeness (QED) is 0.798. The number of amides is 1. The van der Waals surface area contributed by atoms with E-state index in [1.54, 1.807) is 0 Å². The number of hydrogen-bond acceptors (Lipinski definition) is 5. The summed E-state index contributed by atoms with van der Waals surface area (Å²) in [6.07, 6.45) is 2.04. The molecule has 1 amide bonds. The Bertz CT molecular complexity index is 529. The fraction of sp³-hybridized carbons (Fsp3) is 0.643. The molecule has 0 unspecified atom stereocenters. The number of rotatable bonds is 4. The third kappa shape index (κ3) is 4.95. The molecule has 0 spiro atoms. The Balaban J connectivity index is 1.99. The minimum Gasteiger partial charge on any atom is -0.379 e. The number of hydrogen-bond donors (Lipinski definition) is 1. The molecule has 7 nitrogen and oxygen atoms in total. The summed E-state index contributed by atoms with van der Waals surface area (Å²) in [6, 6.07) is 1.50. The summed E-state index contributed by atoms with van der Waals surface area (Å²) in [6.45, 7) is 2.79. The van der Waals surface area contributed by atoms with Gasteiger partial charge >= 0.3 is 0 Å². The largest absolute Gasteiger partial charge is 0.379 e. The molecule has 1 aromatic rings. The number of likely N-dealkylation sites (N-methyl/N-ethyl adjacent to an activating group) is 1. The Morgan fingerprint density at radius 1 is 1.57 bits per heavy atom. The van der Waals surface area contributed by atoms with E-state index >= 15 is 0 Å². The zero-order chi connectivity index (χ0) is 15.2. The lowest BCUT2D eigenvalue weighted by molar-refractivity contribution is -0.132. The van der Waals surface area contributed by atoms with E-state index in [4.69, 9.17) is 4.74 Å². The first-order valence-electron chi connectivity index (χ1n) is 7.08. The van der Waals surface area contributed by atoms with Crippen LogP contribution in [0, 0.1) is 5.92 Å². The number of nitrogens with zero attached hydrogens (tertiary/aromatic N) is 3. The van der Waals surface area contributed by atoms with Crippen LogP contribution >= 0.6 is 0 Å². The Morgan fingerprint density at radius 3 is 3.10 bits per heavy atom. The molecule has 1 fully saturated rings. The van der Waals surface area contributed by atoms with Gasteiger partial charge in [0.25, 0.3) is 5.56 Å². The second kappa shape index (κ2) is 7.33. The van der Waals surface area contributed by atoms with Gasteiger partial charge in [0.1, 0.15) is 0 Å². The van der Waals surface area contributed by atoms with Crippen LogP contribution < -0.4 is 5.56 Å². The van der Waals surface area contributed by atoms with Gasteiger partial charge < -0.3 is 19.5 Å². The highest BCUT2D eigenvalue weighted by Gasteiger charge is 2.23. The standard InChI is InChI=1S/C14H22N4O3/c1-17(2)8-14(20)18-3-4-21-9-11(7-18)5-12-6-13(19)16-10-15-12/h6,10-11H,3-5,7-9H2,1-2H3,(H,15,16,19)/t11-/m1/s1. The van der Waals surface area contributed by atoms with Gasteiger partial charge in [-0.25, -0.2) is 4.98 Å². The van der Waals surface area contributed by atoms with Crippen molar-refractivity contribution in [3.05, 3.63) is 28.4 Å². The summed E-state index contributed by atoms with van der Waals surface area (Å²) < 4.78 is 5.57. The highest BCUT2D eigenvalue weighted by molar-refractivity contribution is 5.78. The van der Waals surface area contributed by atoms with E-state index in [-0.39, 0.29) is 17.4 Å². The van der Waals surface area contributed by atoms with Crippen molar-refractivity contribution < 1.29 is 9.53 Å². The predicted molar refractivity (Wildman–Crippen MR) is 78.0 cm³/mol. The Labute approximate surface area is 123 Å². The highest BCUT2D eigenvalue weighted by atomic mass is 16.5. The van der Waals surface area contributed by atoms with Crippen LogP contribution in [-0.2, 0) is 16.0 Å². The Kier molecular flexibility index (Phi) is 5.46. The van der Waals surface area contributed by atoms with Crippen molar-refractivity contribution in [1.29, 1.82) is 0 Å². The normalized spacial score (nSPS) is 19.6. The van der Waals surface area contributed by atoms with E-state index in [0.29, 0.717) is 39.3 Å². The van der Waals surface area contributed by atoms with Crippen LogP contribution in [0.3, 0.4) is 0 Å². The second-order valence-electron chi connectivity index (χ2n) is 5.63. The number of aromatic amines is 1. The molecule has 2 heterocycles. The monoisotopic (exact) mass is 294 g/mol. The minimum atomic E-state index is -0.157. The number of nitrogens with one attached hydrogen (secondary N) is 1. The first-order valence-corrected chi connectivity index (χ1v) is 7.08. The Morgan fingerprint density at radius 2 is 2.38 bits per heavy atom. The molecule has 0 aliphatic carbocycles. The molecule has 0 aromatic carbocycles. The van der Waals surface area contributed by atoms with E-state index in [2.05, 4.69) is 9.97 Å². The fourth-order valence-electron chi connectivity index (χ4n) is 2.42. The van der Waals surface area contributed by atoms with E-state index in [0.717, 1.165) is 5.69 Å². The molecule has 1 aromatic heterocycles. The molecular weight excluding hydrogens is 272 g/mol. The molecule has 21 heavy (non-hydrogen) atoms. The van der Waals surface area contributed by atoms with Crippen molar-refractivity contribution in [3.63, 3.8) is 0 Å². The average molecular weight is 294 g/mol. The topological polar surface area (TPSA) is 78.5 Å². The van der Waals surface area contributed by atoms with Crippen LogP contribution in [-0.4, -0.2) is 72.6 Å². The molecule has 116 valence electrons. The van der Waals surface area contributed by atoms with Crippen LogP contribution in [0.4, 0.5) is 0 Å². The molecule has 7 heteroatoms. The number of carbonyl (C=O) groups excluding carboxylic acids is 1. The van der Waals surface area contributed by atoms with Gasteiger partial charge in [-0.3, -0.25) is 9.59 Å². The predicted octanol–water partition coefficient (Wildman–Crippen LogP) is -0.651. The molecule has 0 radical (unpaired) electrons. The van der Waals surface area contributed by atoms with Gasteiger partial charge in [-0.05, 0) is 20.5 Å². The van der Waals surface area contributed by atoms with Gasteiger partial charge in [-0.1, -0.05) is 0 Å². The first kappa shape index (κ1) is 15.7. The van der Waals surface area contributed by atoms with Crippen LogP contribution in [0.5, 0.6) is 0 Å². The molecule has 0 bridgehead atoms. The zero-order valence-electron chi connectivity index (χ0n) is 12.5. The third-order valence-electron chi connectivity index (χ3n) is 3.37. The molecule has 1 aliphatic rings. The Hall–Kier alpha value is -1.73. The van der Waals surface area contributed by atoms with E-state index in [1.807, 2.05) is 23.9 Å². The SMILES string of the molecule is CN(C)CC(=O)N1CCOC[C@H](Cc2cc(=O)[nH]cn2)C1. The van der Waals surface area contributed by atoms with Crippen LogP contribution in [0.15, 0.2) is 17.2 Å². The summed E-state index contributed by atoms with van der Waals surface area (Å²) >= 11 is 0. The van der Waals surface area contributed by atoms with Crippen LogP contribution in [0.2, 0.25) is 0 Å². The summed E-state index contributed by atoms with van der Waals surface area (Å²) in [7, 11) is 3.76. The van der Waals surface area contributed by atoms with Gasteiger partial charge in [0.15, 0.2) is 0 Å². The molecule has 1 atom stereocenters. The van der Waals surface area contributed by atoms with Crippen molar-refractivity contribution in [1.82, 2.24) is 19.8 Å². The maximum atomic E-state index is 12.2. The van der Waals surface area contributed by atoms with Crippen LogP contribution in [0.25, 0.3) is 0 Å². The maximum absolute atomic E-state index is 12.2. The maximum Gasteiger partial charge on any atom is 0.250 e. The number of carbonyl (C=O) groups is 1. The van der Waals surface area contributed by atoms with Gasteiger partial charge in [0, 0.05) is 30.8 Å². The lowest BCUT2D eigenvalue weighted by Gasteiger charge is -2.24. The van der Waals surface area contributed by atoms with E-state index in [9.17, 15) is 9.59 Å². The van der Waals surface area contributed by atoms with Gasteiger partial charge in [0.05, 0.1) is 26.1 Å². The number of aromatic nitrogens is 2. The third-order valence-corrected chi connectivity index (χ3v) is 3.37. The van der Waals surface area contributed by atoms with Crippen molar-refractivity contribution in [2.45, 2.75) is 6.42 Å². The smallest absolute Gasteiger partial charge is 0.250 e. The summed E-state index contributed by atoms with van der Waals surface area (Å²) in [5.74, 6) is 0.266. The van der Waals surface area contributed by atoms with Crippen molar-refractivity contribution in [2.24, 2.45) is 5.92 Å². The molecule has 0 saturated carbocycles. The molecule has 1 N–H and O–H groups in total. The summed E-state index contributed by atoms with van der Waals surface area (Å²) in [4.78, 5) is 33.8.